The second-order valence-electron chi connectivity index (χ2n) is 3.71. The SMILES string of the molecule is CC(=O)C(Cl)C(=O)c1ccnc2ccccc12. The van der Waals surface area contributed by atoms with Gasteiger partial charge in [-0.1, -0.05) is 18.2 Å². The standard InChI is InChI=1S/C13H10ClNO2/c1-8(16)12(14)13(17)10-6-7-15-11-5-3-2-4-9(10)11/h2-7,12H,1H3. The fourth-order valence-electron chi connectivity index (χ4n) is 1.63. The van der Waals surface area contributed by atoms with Gasteiger partial charge in [-0.15, -0.1) is 11.6 Å². The number of hydrogen-bond donors (Lipinski definition) is 0. The van der Waals surface area contributed by atoms with Crippen molar-refractivity contribution in [3.8, 4) is 0 Å². The number of aromatic nitrogens is 1. The predicted molar refractivity (Wildman–Crippen MR) is 66.4 cm³/mol. The maximum absolute atomic E-state index is 12.0. The van der Waals surface area contributed by atoms with Gasteiger partial charge in [0.05, 0.1) is 5.52 Å². The van der Waals surface area contributed by atoms with E-state index in [9.17, 15) is 9.59 Å². The first-order valence-corrected chi connectivity index (χ1v) is 5.57. The molecule has 0 aliphatic carbocycles. The summed E-state index contributed by atoms with van der Waals surface area (Å²) in [5, 5.41) is -0.410. The smallest absolute Gasteiger partial charge is 0.188 e. The third-order valence-corrected chi connectivity index (χ3v) is 3.01. The molecule has 2 rings (SSSR count). The molecule has 1 aromatic heterocycles. The highest BCUT2D eigenvalue weighted by molar-refractivity contribution is 6.45. The van der Waals surface area contributed by atoms with Gasteiger partial charge >= 0.3 is 0 Å². The Labute approximate surface area is 103 Å². The number of fused-ring (bicyclic) bond motifs is 1. The van der Waals surface area contributed by atoms with Gasteiger partial charge in [0, 0.05) is 17.1 Å². The molecule has 0 radical (unpaired) electrons. The number of para-hydroxylation sites is 1. The van der Waals surface area contributed by atoms with Gasteiger partial charge in [-0.25, -0.2) is 0 Å². The number of Topliss-reactive ketones (excluding diaryl/α,β-unsaturated/α-hetero) is 2. The fraction of sp³-hybridized carbons (Fsp3) is 0.154. The van der Waals surface area contributed by atoms with Crippen molar-refractivity contribution in [2.75, 3.05) is 0 Å². The Morgan fingerprint density at radius 1 is 1.24 bits per heavy atom. The molecular weight excluding hydrogens is 238 g/mol. The van der Waals surface area contributed by atoms with Gasteiger partial charge in [0.1, 0.15) is 0 Å². The minimum atomic E-state index is -1.12. The van der Waals surface area contributed by atoms with E-state index >= 15 is 0 Å². The Hall–Kier alpha value is -1.74. The van der Waals surface area contributed by atoms with Crippen molar-refractivity contribution in [3.63, 3.8) is 0 Å². The lowest BCUT2D eigenvalue weighted by atomic mass is 10.0. The van der Waals surface area contributed by atoms with Crippen LogP contribution in [0.1, 0.15) is 17.3 Å². The van der Waals surface area contributed by atoms with Crippen LogP contribution >= 0.6 is 11.6 Å². The molecule has 0 bridgehead atoms. The molecule has 0 saturated carbocycles. The molecule has 86 valence electrons. The fourth-order valence-corrected chi connectivity index (χ4v) is 1.75. The van der Waals surface area contributed by atoms with E-state index in [0.29, 0.717) is 16.5 Å². The molecule has 1 atom stereocenters. The number of alkyl halides is 1. The number of hydrogen-bond acceptors (Lipinski definition) is 3. The Morgan fingerprint density at radius 3 is 2.65 bits per heavy atom. The molecule has 0 saturated heterocycles. The lowest BCUT2D eigenvalue weighted by Crippen LogP contribution is -2.22. The Balaban J connectivity index is 2.56. The van der Waals surface area contributed by atoms with E-state index in [4.69, 9.17) is 11.6 Å². The Kier molecular flexibility index (Phi) is 3.20. The molecule has 0 amide bonds. The summed E-state index contributed by atoms with van der Waals surface area (Å²) in [6, 6.07) is 8.84. The zero-order valence-corrected chi connectivity index (χ0v) is 9.94. The summed E-state index contributed by atoms with van der Waals surface area (Å²) in [7, 11) is 0. The number of pyridine rings is 1. The monoisotopic (exact) mass is 247 g/mol. The maximum atomic E-state index is 12.0. The normalized spacial score (nSPS) is 12.4. The second-order valence-corrected chi connectivity index (χ2v) is 4.15. The zero-order valence-electron chi connectivity index (χ0n) is 9.18. The van der Waals surface area contributed by atoms with Gasteiger partial charge in [0.15, 0.2) is 16.9 Å². The van der Waals surface area contributed by atoms with Crippen LogP contribution in [-0.4, -0.2) is 21.9 Å². The summed E-state index contributed by atoms with van der Waals surface area (Å²) in [6.45, 7) is 1.30. The minimum Gasteiger partial charge on any atom is -0.298 e. The Bertz CT molecular complexity index is 589. The van der Waals surface area contributed by atoms with E-state index in [1.54, 1.807) is 18.3 Å². The van der Waals surface area contributed by atoms with Crippen LogP contribution < -0.4 is 0 Å². The largest absolute Gasteiger partial charge is 0.298 e. The van der Waals surface area contributed by atoms with Crippen LogP contribution in [0.3, 0.4) is 0 Å². The van der Waals surface area contributed by atoms with Crippen LogP contribution in [0.2, 0.25) is 0 Å². The summed E-state index contributed by atoms with van der Waals surface area (Å²) in [5.74, 6) is -0.727. The molecule has 3 nitrogen and oxygen atoms in total. The van der Waals surface area contributed by atoms with Crippen molar-refractivity contribution in [2.45, 2.75) is 12.3 Å². The van der Waals surface area contributed by atoms with E-state index < -0.39 is 5.38 Å². The van der Waals surface area contributed by atoms with Crippen LogP contribution in [0.5, 0.6) is 0 Å². The number of carbonyl (C=O) groups excluding carboxylic acids is 2. The first-order valence-electron chi connectivity index (χ1n) is 5.13. The summed E-state index contributed by atoms with van der Waals surface area (Å²) in [5.41, 5.74) is 1.15. The van der Waals surface area contributed by atoms with Crippen LogP contribution in [0.25, 0.3) is 10.9 Å². The van der Waals surface area contributed by atoms with Crippen molar-refractivity contribution < 1.29 is 9.59 Å². The summed E-state index contributed by atoms with van der Waals surface area (Å²) < 4.78 is 0. The summed E-state index contributed by atoms with van der Waals surface area (Å²) in [6.07, 6.45) is 1.54. The van der Waals surface area contributed by atoms with E-state index in [1.165, 1.54) is 6.92 Å². The van der Waals surface area contributed by atoms with Crippen molar-refractivity contribution in [3.05, 3.63) is 42.1 Å². The number of carbonyl (C=O) groups is 2. The summed E-state index contributed by atoms with van der Waals surface area (Å²) >= 11 is 5.78. The second kappa shape index (κ2) is 4.63. The quantitative estimate of drug-likeness (QED) is 0.476. The molecule has 1 aromatic carbocycles. The molecule has 0 aliphatic heterocycles. The van der Waals surface area contributed by atoms with Crippen LogP contribution in [0.4, 0.5) is 0 Å². The average Bonchev–Trinajstić information content (AvgIpc) is 2.36. The molecule has 17 heavy (non-hydrogen) atoms. The number of benzene rings is 1. The predicted octanol–water partition coefficient (Wildman–Crippen LogP) is 2.61. The van der Waals surface area contributed by atoms with Crippen molar-refractivity contribution in [2.24, 2.45) is 0 Å². The van der Waals surface area contributed by atoms with Gasteiger partial charge in [-0.3, -0.25) is 14.6 Å². The molecule has 0 aliphatic rings. The highest BCUT2D eigenvalue weighted by atomic mass is 35.5. The molecular formula is C13H10ClNO2. The van der Waals surface area contributed by atoms with Crippen LogP contribution in [-0.2, 0) is 4.79 Å². The molecule has 1 heterocycles. The van der Waals surface area contributed by atoms with E-state index in [2.05, 4.69) is 4.98 Å². The lowest BCUT2D eigenvalue weighted by molar-refractivity contribution is -0.115. The summed E-state index contributed by atoms with van der Waals surface area (Å²) in [4.78, 5) is 27.3. The van der Waals surface area contributed by atoms with E-state index in [-0.39, 0.29) is 11.6 Å². The zero-order chi connectivity index (χ0) is 12.4. The minimum absolute atomic E-state index is 0.349. The van der Waals surface area contributed by atoms with Gasteiger partial charge in [0.25, 0.3) is 0 Å². The highest BCUT2D eigenvalue weighted by Crippen LogP contribution is 2.19. The lowest BCUT2D eigenvalue weighted by Gasteiger charge is -2.07. The van der Waals surface area contributed by atoms with Gasteiger partial charge in [-0.05, 0) is 19.1 Å². The average molecular weight is 248 g/mol. The molecule has 1 unspecified atom stereocenters. The maximum Gasteiger partial charge on any atom is 0.188 e. The molecule has 2 aromatic rings. The van der Waals surface area contributed by atoms with Crippen LogP contribution in [0, 0.1) is 0 Å². The highest BCUT2D eigenvalue weighted by Gasteiger charge is 2.23. The van der Waals surface area contributed by atoms with Gasteiger partial charge < -0.3 is 0 Å². The number of nitrogens with zero attached hydrogens (tertiary/aromatic N) is 1. The van der Waals surface area contributed by atoms with E-state index in [0.717, 1.165) is 0 Å². The van der Waals surface area contributed by atoms with Crippen molar-refractivity contribution in [1.82, 2.24) is 4.98 Å². The van der Waals surface area contributed by atoms with Gasteiger partial charge in [0.2, 0.25) is 0 Å². The number of ketones is 2. The number of rotatable bonds is 3. The van der Waals surface area contributed by atoms with Gasteiger partial charge in [-0.2, -0.15) is 0 Å². The number of halogens is 1. The third kappa shape index (κ3) is 2.19. The topological polar surface area (TPSA) is 47.0 Å². The molecule has 4 heteroatoms. The molecule has 0 N–H and O–H groups in total. The first-order chi connectivity index (χ1) is 8.11. The van der Waals surface area contributed by atoms with Crippen molar-refractivity contribution >= 4 is 34.1 Å². The Morgan fingerprint density at radius 2 is 1.94 bits per heavy atom. The van der Waals surface area contributed by atoms with Crippen molar-refractivity contribution in [1.29, 1.82) is 0 Å². The molecule has 0 fully saturated rings. The molecule has 0 spiro atoms. The third-order valence-electron chi connectivity index (χ3n) is 2.50. The van der Waals surface area contributed by atoms with Crippen LogP contribution in [0.15, 0.2) is 36.5 Å². The van der Waals surface area contributed by atoms with E-state index in [1.807, 2.05) is 18.2 Å². The first kappa shape index (κ1) is 11.7.